The van der Waals surface area contributed by atoms with Crippen molar-refractivity contribution in [2.75, 3.05) is 39.4 Å². The molecule has 2 aliphatic rings. The average molecular weight is 228 g/mol. The minimum Gasteiger partial charge on any atom is -0.353 e. The Hall–Kier alpha value is -0.650. The minimum absolute atomic E-state index is 0.166. The van der Waals surface area contributed by atoms with Crippen LogP contribution >= 0.6 is 0 Å². The van der Waals surface area contributed by atoms with Gasteiger partial charge in [-0.3, -0.25) is 4.79 Å². The van der Waals surface area contributed by atoms with Gasteiger partial charge >= 0.3 is 0 Å². The van der Waals surface area contributed by atoms with E-state index in [1.807, 2.05) is 4.90 Å². The molecule has 2 rings (SSSR count). The summed E-state index contributed by atoms with van der Waals surface area (Å²) in [6.45, 7) is 4.97. The van der Waals surface area contributed by atoms with Crippen LogP contribution in [0.25, 0.3) is 0 Å². The topological polar surface area (TPSA) is 50.8 Å². The highest BCUT2D eigenvalue weighted by molar-refractivity contribution is 5.76. The second-order valence-corrected chi connectivity index (χ2v) is 4.19. The van der Waals surface area contributed by atoms with Gasteiger partial charge in [0.1, 0.15) is 0 Å². The first kappa shape index (κ1) is 11.8. The zero-order valence-corrected chi connectivity index (χ0v) is 9.61. The maximum absolute atomic E-state index is 11.8. The number of nitrogens with zero attached hydrogens (tertiary/aromatic N) is 1. The van der Waals surface area contributed by atoms with Crippen molar-refractivity contribution in [3.63, 3.8) is 0 Å². The van der Waals surface area contributed by atoms with Gasteiger partial charge in [0.25, 0.3) is 0 Å². The molecule has 2 saturated heterocycles. The molecule has 0 spiro atoms. The van der Waals surface area contributed by atoms with Crippen LogP contribution in [0.15, 0.2) is 0 Å². The molecule has 5 nitrogen and oxygen atoms in total. The van der Waals surface area contributed by atoms with Crippen molar-refractivity contribution < 1.29 is 14.3 Å². The monoisotopic (exact) mass is 228 g/mol. The number of piperazine rings is 1. The van der Waals surface area contributed by atoms with Crippen molar-refractivity contribution in [3.8, 4) is 0 Å². The standard InChI is InChI=1S/C11H20N2O3/c14-10(13-6-4-12-5-7-13)2-3-11-15-8-1-9-16-11/h11-12H,1-9H2. The van der Waals surface area contributed by atoms with Crippen LogP contribution in [0.4, 0.5) is 0 Å². The Balaban J connectivity index is 1.65. The molecule has 0 radical (unpaired) electrons. The first-order valence-corrected chi connectivity index (χ1v) is 6.08. The maximum Gasteiger partial charge on any atom is 0.222 e. The van der Waals surface area contributed by atoms with Crippen LogP contribution in [0.5, 0.6) is 0 Å². The highest BCUT2D eigenvalue weighted by atomic mass is 16.7. The summed E-state index contributed by atoms with van der Waals surface area (Å²) in [5.41, 5.74) is 0. The molecule has 0 aromatic carbocycles. The molecule has 0 aromatic heterocycles. The number of hydrogen-bond donors (Lipinski definition) is 1. The maximum atomic E-state index is 11.8. The van der Waals surface area contributed by atoms with Crippen molar-refractivity contribution >= 4 is 5.91 Å². The Labute approximate surface area is 96.1 Å². The molecule has 16 heavy (non-hydrogen) atoms. The van der Waals surface area contributed by atoms with Crippen LogP contribution in [0, 0.1) is 0 Å². The molecule has 1 amide bonds. The largest absolute Gasteiger partial charge is 0.353 e. The van der Waals surface area contributed by atoms with E-state index in [-0.39, 0.29) is 12.2 Å². The van der Waals surface area contributed by atoms with E-state index in [4.69, 9.17) is 9.47 Å². The molecule has 2 fully saturated rings. The van der Waals surface area contributed by atoms with Gasteiger partial charge in [-0.25, -0.2) is 0 Å². The van der Waals surface area contributed by atoms with Gasteiger partial charge in [-0.2, -0.15) is 0 Å². The van der Waals surface area contributed by atoms with Gasteiger partial charge < -0.3 is 19.7 Å². The zero-order chi connectivity index (χ0) is 11.2. The van der Waals surface area contributed by atoms with E-state index in [2.05, 4.69) is 5.32 Å². The van der Waals surface area contributed by atoms with Crippen LogP contribution in [0.1, 0.15) is 19.3 Å². The quantitative estimate of drug-likeness (QED) is 0.736. The Bertz CT molecular complexity index is 223. The van der Waals surface area contributed by atoms with E-state index in [0.717, 1.165) is 45.8 Å². The summed E-state index contributed by atoms with van der Waals surface area (Å²) >= 11 is 0. The number of rotatable bonds is 3. The molecule has 5 heteroatoms. The molecular formula is C11H20N2O3. The van der Waals surface area contributed by atoms with Gasteiger partial charge in [-0.15, -0.1) is 0 Å². The van der Waals surface area contributed by atoms with Gasteiger partial charge in [0.2, 0.25) is 5.91 Å². The molecular weight excluding hydrogens is 208 g/mol. The Kier molecular flexibility index (Phi) is 4.56. The predicted molar refractivity (Wildman–Crippen MR) is 59.0 cm³/mol. The van der Waals surface area contributed by atoms with Gasteiger partial charge in [0.05, 0.1) is 13.2 Å². The van der Waals surface area contributed by atoms with Crippen LogP contribution in [-0.2, 0) is 14.3 Å². The molecule has 0 aliphatic carbocycles. The highest BCUT2D eigenvalue weighted by Gasteiger charge is 2.19. The first-order chi connectivity index (χ1) is 7.86. The average Bonchev–Trinajstić information content (AvgIpc) is 2.38. The third-order valence-corrected chi connectivity index (χ3v) is 2.96. The van der Waals surface area contributed by atoms with Crippen molar-refractivity contribution in [1.29, 1.82) is 0 Å². The normalized spacial score (nSPS) is 23.4. The molecule has 0 saturated carbocycles. The third kappa shape index (κ3) is 3.43. The van der Waals surface area contributed by atoms with Crippen LogP contribution in [0.3, 0.4) is 0 Å². The molecule has 0 aromatic rings. The molecule has 0 atom stereocenters. The van der Waals surface area contributed by atoms with Crippen molar-refractivity contribution in [2.45, 2.75) is 25.6 Å². The van der Waals surface area contributed by atoms with E-state index in [0.29, 0.717) is 12.8 Å². The fourth-order valence-corrected chi connectivity index (χ4v) is 2.02. The lowest BCUT2D eigenvalue weighted by molar-refractivity contribution is -0.183. The fraction of sp³-hybridized carbons (Fsp3) is 0.909. The fourth-order valence-electron chi connectivity index (χ4n) is 2.02. The summed E-state index contributed by atoms with van der Waals surface area (Å²) in [6.07, 6.45) is 2.01. The molecule has 0 unspecified atom stereocenters. The van der Waals surface area contributed by atoms with E-state index in [1.54, 1.807) is 0 Å². The number of carbonyl (C=O) groups excluding carboxylic acids is 1. The lowest BCUT2D eigenvalue weighted by Crippen LogP contribution is -2.46. The second-order valence-electron chi connectivity index (χ2n) is 4.19. The molecule has 2 aliphatic heterocycles. The van der Waals surface area contributed by atoms with Crippen LogP contribution < -0.4 is 5.32 Å². The smallest absolute Gasteiger partial charge is 0.222 e. The number of amides is 1. The Morgan fingerprint density at radius 2 is 1.94 bits per heavy atom. The Morgan fingerprint density at radius 1 is 1.25 bits per heavy atom. The van der Waals surface area contributed by atoms with Gasteiger partial charge in [0, 0.05) is 39.0 Å². The van der Waals surface area contributed by atoms with Crippen LogP contribution in [0.2, 0.25) is 0 Å². The lowest BCUT2D eigenvalue weighted by Gasteiger charge is -2.28. The summed E-state index contributed by atoms with van der Waals surface area (Å²) in [7, 11) is 0. The first-order valence-electron chi connectivity index (χ1n) is 6.08. The van der Waals surface area contributed by atoms with Crippen molar-refractivity contribution in [1.82, 2.24) is 10.2 Å². The Morgan fingerprint density at radius 3 is 2.62 bits per heavy atom. The molecule has 1 N–H and O–H groups in total. The summed E-state index contributed by atoms with van der Waals surface area (Å²) in [6, 6.07) is 0. The lowest BCUT2D eigenvalue weighted by atomic mass is 10.2. The van der Waals surface area contributed by atoms with Gasteiger partial charge in [-0.05, 0) is 6.42 Å². The molecule has 0 bridgehead atoms. The number of ether oxygens (including phenoxy) is 2. The zero-order valence-electron chi connectivity index (χ0n) is 9.61. The van der Waals surface area contributed by atoms with E-state index >= 15 is 0 Å². The van der Waals surface area contributed by atoms with Crippen molar-refractivity contribution in [2.24, 2.45) is 0 Å². The second kappa shape index (κ2) is 6.18. The minimum atomic E-state index is -0.166. The SMILES string of the molecule is O=C(CCC1OCCCO1)N1CCNCC1. The molecule has 2 heterocycles. The summed E-state index contributed by atoms with van der Waals surface area (Å²) < 4.78 is 10.8. The number of nitrogens with one attached hydrogen (secondary N) is 1. The van der Waals surface area contributed by atoms with Crippen molar-refractivity contribution in [3.05, 3.63) is 0 Å². The van der Waals surface area contributed by atoms with Crippen LogP contribution in [-0.4, -0.2) is 56.5 Å². The highest BCUT2D eigenvalue weighted by Crippen LogP contribution is 2.11. The summed E-state index contributed by atoms with van der Waals surface area (Å²) in [4.78, 5) is 13.7. The number of hydrogen-bond acceptors (Lipinski definition) is 4. The molecule has 92 valence electrons. The summed E-state index contributed by atoms with van der Waals surface area (Å²) in [5.74, 6) is 0.222. The van der Waals surface area contributed by atoms with Gasteiger partial charge in [0.15, 0.2) is 6.29 Å². The third-order valence-electron chi connectivity index (χ3n) is 2.96. The van der Waals surface area contributed by atoms with E-state index in [1.165, 1.54) is 0 Å². The van der Waals surface area contributed by atoms with Gasteiger partial charge in [-0.1, -0.05) is 0 Å². The predicted octanol–water partition coefficient (Wildman–Crippen LogP) is -0.0386. The van der Waals surface area contributed by atoms with E-state index < -0.39 is 0 Å². The summed E-state index contributed by atoms with van der Waals surface area (Å²) in [5, 5.41) is 3.23. The van der Waals surface area contributed by atoms with E-state index in [9.17, 15) is 4.79 Å². The number of carbonyl (C=O) groups is 1.